The number of pyridine rings is 2. The first-order valence-corrected chi connectivity index (χ1v) is 7.30. The molecule has 2 heterocycles. The summed E-state index contributed by atoms with van der Waals surface area (Å²) in [6.45, 7) is 1.76. The van der Waals surface area contributed by atoms with Crippen molar-refractivity contribution in [2.24, 2.45) is 7.05 Å². The zero-order valence-electron chi connectivity index (χ0n) is 16.1. The van der Waals surface area contributed by atoms with Gasteiger partial charge in [-0.1, -0.05) is 23.8 Å². The molecule has 0 aliphatic heterocycles. The number of hydrogen-bond acceptors (Lipinski definition) is 1. The van der Waals surface area contributed by atoms with Gasteiger partial charge in [-0.25, -0.2) is 4.57 Å². The van der Waals surface area contributed by atoms with Gasteiger partial charge in [0, 0.05) is 22.6 Å². The third kappa shape index (κ3) is 2.52. The maximum atomic E-state index is 7.95. The molecule has 0 unspecified atom stereocenters. The van der Waals surface area contributed by atoms with Crippen LogP contribution in [0.2, 0.25) is 0 Å². The van der Waals surface area contributed by atoms with E-state index in [0.29, 0.717) is 5.56 Å². The van der Waals surface area contributed by atoms with Gasteiger partial charge < -0.3 is 0 Å². The second-order valence-electron chi connectivity index (χ2n) is 5.62. The van der Waals surface area contributed by atoms with Gasteiger partial charge in [0.25, 0.3) is 0 Å². The van der Waals surface area contributed by atoms with Crippen molar-refractivity contribution < 1.29 is 8.68 Å². The lowest BCUT2D eigenvalue weighted by molar-refractivity contribution is -0.660. The summed E-state index contributed by atoms with van der Waals surface area (Å²) in [5, 5.41) is 0. The molecule has 0 saturated heterocycles. The zero-order valence-corrected chi connectivity index (χ0v) is 13.1. The van der Waals surface area contributed by atoms with E-state index >= 15 is 0 Å². The third-order valence-electron chi connectivity index (χ3n) is 3.92. The molecule has 1 aromatic carbocycles. The standard InChI is InChI=1S/C20H21N2/c1-14-7-8-17(15(2)12-14)19-6-5-11-22(4)20(19)18-9-10-21-13-16(18)3/h5-13H,1-4H3/q+1/i2D3. The lowest BCUT2D eigenvalue weighted by atomic mass is 9.93. The third-order valence-corrected chi connectivity index (χ3v) is 3.92. The Morgan fingerprint density at radius 3 is 2.64 bits per heavy atom. The van der Waals surface area contributed by atoms with Crippen LogP contribution >= 0.6 is 0 Å². The second kappa shape index (κ2) is 5.72. The van der Waals surface area contributed by atoms with Gasteiger partial charge in [-0.2, -0.15) is 0 Å². The average molecular weight is 292 g/mol. The molecule has 0 amide bonds. The summed E-state index contributed by atoms with van der Waals surface area (Å²) in [6, 6.07) is 11.5. The van der Waals surface area contributed by atoms with Crippen LogP contribution in [-0.4, -0.2) is 4.98 Å². The highest BCUT2D eigenvalue weighted by Crippen LogP contribution is 2.32. The molecule has 22 heavy (non-hydrogen) atoms. The highest BCUT2D eigenvalue weighted by Gasteiger charge is 2.19. The maximum absolute atomic E-state index is 7.95. The predicted molar refractivity (Wildman–Crippen MR) is 90.5 cm³/mol. The van der Waals surface area contributed by atoms with Crippen molar-refractivity contribution in [3.05, 3.63) is 71.7 Å². The van der Waals surface area contributed by atoms with Gasteiger partial charge in [-0.05, 0) is 49.5 Å². The largest absolute Gasteiger partial charge is 0.264 e. The van der Waals surface area contributed by atoms with E-state index in [1.807, 2.05) is 68.2 Å². The summed E-state index contributed by atoms with van der Waals surface area (Å²) in [7, 11) is 1.97. The predicted octanol–water partition coefficient (Wildman–Crippen LogP) is 4.17. The molecule has 110 valence electrons. The summed E-state index contributed by atoms with van der Waals surface area (Å²) in [5.74, 6) is 0. The van der Waals surface area contributed by atoms with Gasteiger partial charge >= 0.3 is 0 Å². The van der Waals surface area contributed by atoms with E-state index < -0.39 is 6.85 Å². The van der Waals surface area contributed by atoms with E-state index in [1.165, 1.54) is 0 Å². The quantitative estimate of drug-likeness (QED) is 0.648. The molecule has 0 fully saturated rings. The Bertz CT molecular complexity index is 930. The fourth-order valence-corrected chi connectivity index (χ4v) is 2.80. The topological polar surface area (TPSA) is 16.8 Å². The van der Waals surface area contributed by atoms with Crippen LogP contribution in [0.5, 0.6) is 0 Å². The molecule has 0 aliphatic carbocycles. The van der Waals surface area contributed by atoms with Crippen molar-refractivity contribution in [3.63, 3.8) is 0 Å². The van der Waals surface area contributed by atoms with Gasteiger partial charge in [0.2, 0.25) is 5.69 Å². The van der Waals surface area contributed by atoms with E-state index in [4.69, 9.17) is 4.11 Å². The molecule has 0 bridgehead atoms. The molecule has 3 aromatic rings. The van der Waals surface area contributed by atoms with Gasteiger partial charge in [-0.3, -0.25) is 4.98 Å². The normalized spacial score (nSPS) is 13.3. The highest BCUT2D eigenvalue weighted by molar-refractivity contribution is 5.81. The van der Waals surface area contributed by atoms with E-state index in [1.54, 1.807) is 12.3 Å². The molecule has 0 saturated carbocycles. The number of hydrogen-bond donors (Lipinski definition) is 0. The Kier molecular flexibility index (Phi) is 2.90. The summed E-state index contributed by atoms with van der Waals surface area (Å²) in [4.78, 5) is 4.17. The Balaban J connectivity index is 2.35. The maximum Gasteiger partial charge on any atom is 0.220 e. The monoisotopic (exact) mass is 292 g/mol. The first kappa shape index (κ1) is 11.1. The van der Waals surface area contributed by atoms with E-state index in [-0.39, 0.29) is 0 Å². The Morgan fingerprint density at radius 1 is 1.00 bits per heavy atom. The Hall–Kier alpha value is -2.48. The molecule has 0 spiro atoms. The molecular formula is C20H21N2+. The van der Waals surface area contributed by atoms with Crippen LogP contribution < -0.4 is 4.57 Å². The van der Waals surface area contributed by atoms with Crippen molar-refractivity contribution in [1.29, 1.82) is 0 Å². The van der Waals surface area contributed by atoms with Crippen molar-refractivity contribution in [2.75, 3.05) is 0 Å². The number of aromatic nitrogens is 2. The summed E-state index contributed by atoms with van der Waals surface area (Å²) in [5.41, 5.74) is 6.05. The molecule has 2 heteroatoms. The van der Waals surface area contributed by atoms with Crippen LogP contribution in [0.25, 0.3) is 22.4 Å². The zero-order chi connectivity index (χ0) is 18.2. The van der Waals surface area contributed by atoms with Gasteiger partial charge in [0.15, 0.2) is 6.20 Å². The van der Waals surface area contributed by atoms with Crippen LogP contribution in [-0.2, 0) is 7.05 Å². The van der Waals surface area contributed by atoms with Gasteiger partial charge in [-0.15, -0.1) is 0 Å². The van der Waals surface area contributed by atoms with E-state index in [0.717, 1.165) is 33.5 Å². The van der Waals surface area contributed by atoms with Crippen LogP contribution in [0.3, 0.4) is 0 Å². The van der Waals surface area contributed by atoms with E-state index in [2.05, 4.69) is 4.98 Å². The highest BCUT2D eigenvalue weighted by atomic mass is 14.9. The molecule has 0 atom stereocenters. The molecule has 0 N–H and O–H groups in total. The molecular weight excluding hydrogens is 268 g/mol. The smallest absolute Gasteiger partial charge is 0.220 e. The molecule has 2 aromatic heterocycles. The molecule has 2 nitrogen and oxygen atoms in total. The van der Waals surface area contributed by atoms with Crippen LogP contribution in [0.4, 0.5) is 0 Å². The number of nitrogens with zero attached hydrogens (tertiary/aromatic N) is 2. The minimum absolute atomic E-state index is 0.381. The second-order valence-corrected chi connectivity index (χ2v) is 5.62. The molecule has 0 aliphatic rings. The van der Waals surface area contributed by atoms with Crippen molar-refractivity contribution in [1.82, 2.24) is 4.98 Å². The fourth-order valence-electron chi connectivity index (χ4n) is 2.80. The SMILES string of the molecule is [2H]C([2H])([2H])c1cc(C)ccc1-c1ccc[n+](C)c1-c1ccncc1C. The van der Waals surface area contributed by atoms with Crippen molar-refractivity contribution in [3.8, 4) is 22.4 Å². The first-order valence-electron chi connectivity index (χ1n) is 8.80. The lowest BCUT2D eigenvalue weighted by Gasteiger charge is -2.12. The van der Waals surface area contributed by atoms with Crippen LogP contribution in [0.1, 0.15) is 20.8 Å². The summed E-state index contributed by atoms with van der Waals surface area (Å²) >= 11 is 0. The van der Waals surface area contributed by atoms with Crippen LogP contribution in [0.15, 0.2) is 55.0 Å². The summed E-state index contributed by atoms with van der Waals surface area (Å²) < 4.78 is 25.9. The van der Waals surface area contributed by atoms with E-state index in [9.17, 15) is 0 Å². The minimum Gasteiger partial charge on any atom is -0.264 e. The van der Waals surface area contributed by atoms with Crippen molar-refractivity contribution in [2.45, 2.75) is 20.7 Å². The van der Waals surface area contributed by atoms with Gasteiger partial charge in [0.1, 0.15) is 7.05 Å². The first-order chi connectivity index (χ1) is 11.8. The van der Waals surface area contributed by atoms with Crippen molar-refractivity contribution >= 4 is 0 Å². The fraction of sp³-hybridized carbons (Fsp3) is 0.200. The molecule has 3 rings (SSSR count). The summed E-state index contributed by atoms with van der Waals surface area (Å²) in [6.07, 6.45) is 5.56. The average Bonchev–Trinajstić information content (AvgIpc) is 2.55. The Labute approximate surface area is 136 Å². The minimum atomic E-state index is -2.17. The number of benzene rings is 1. The van der Waals surface area contributed by atoms with Crippen LogP contribution in [0, 0.1) is 20.7 Å². The van der Waals surface area contributed by atoms with Gasteiger partial charge in [0.05, 0.1) is 11.1 Å². The number of aryl methyl sites for hydroxylation is 4. The lowest BCUT2D eigenvalue weighted by Crippen LogP contribution is -2.31. The number of rotatable bonds is 2. The molecule has 0 radical (unpaired) electrons. The Morgan fingerprint density at radius 2 is 1.86 bits per heavy atom.